The summed E-state index contributed by atoms with van der Waals surface area (Å²) in [7, 11) is -7.16. The summed E-state index contributed by atoms with van der Waals surface area (Å²) in [6.07, 6.45) is 5.12. The van der Waals surface area contributed by atoms with Gasteiger partial charge in [-0.05, 0) is 43.0 Å². The van der Waals surface area contributed by atoms with E-state index in [0.29, 0.717) is 6.42 Å². The molecule has 4 rings (SSSR count). The number of hydrogen-bond donors (Lipinski definition) is 3. The van der Waals surface area contributed by atoms with Crippen LogP contribution in [0.3, 0.4) is 0 Å². The Balaban J connectivity index is 1.33. The maximum absolute atomic E-state index is 12.7. The van der Waals surface area contributed by atoms with Gasteiger partial charge in [0.05, 0.1) is 22.6 Å². The van der Waals surface area contributed by atoms with E-state index in [1.54, 1.807) is 12.1 Å². The monoisotopic (exact) mass is 587 g/mol. The lowest BCUT2D eigenvalue weighted by Crippen LogP contribution is -2.45. The lowest BCUT2D eigenvalue weighted by molar-refractivity contribution is 0.0950. The van der Waals surface area contributed by atoms with Crippen molar-refractivity contribution in [2.24, 2.45) is 0 Å². The molecule has 2 aliphatic rings. The quantitative estimate of drug-likeness (QED) is 0.421. The van der Waals surface area contributed by atoms with E-state index in [9.17, 15) is 26.4 Å². The molecule has 1 saturated carbocycles. The van der Waals surface area contributed by atoms with Crippen molar-refractivity contribution in [2.75, 3.05) is 13.7 Å². The highest BCUT2D eigenvalue weighted by Crippen LogP contribution is 2.49. The van der Waals surface area contributed by atoms with E-state index in [1.165, 1.54) is 25.3 Å². The molecule has 0 unspecified atom stereocenters. The highest BCUT2D eigenvalue weighted by Gasteiger charge is 2.37. The van der Waals surface area contributed by atoms with Gasteiger partial charge in [0.2, 0.25) is 11.5 Å². The number of halogens is 1. The molecule has 1 heterocycles. The second-order valence-electron chi connectivity index (χ2n) is 8.74. The maximum atomic E-state index is 12.7. The first-order chi connectivity index (χ1) is 18.0. The molecule has 38 heavy (non-hydrogen) atoms. The van der Waals surface area contributed by atoms with Crippen LogP contribution in [0.2, 0.25) is 5.02 Å². The van der Waals surface area contributed by atoms with E-state index >= 15 is 0 Å². The minimum absolute atomic E-state index is 0.0294. The summed E-state index contributed by atoms with van der Waals surface area (Å²) in [5.41, 5.74) is 0.661. The van der Waals surface area contributed by atoms with Crippen LogP contribution < -0.4 is 28.5 Å². The van der Waals surface area contributed by atoms with Crippen LogP contribution in [0, 0.1) is 0 Å². The number of urea groups is 1. The molecular formula is C23H26ClN3O9S2. The molecule has 0 spiro atoms. The van der Waals surface area contributed by atoms with Crippen LogP contribution in [0.1, 0.15) is 48.0 Å². The third kappa shape index (κ3) is 6.42. The molecule has 0 saturated heterocycles. The molecule has 3 amide bonds. The number of amides is 3. The number of carbonyl (C=O) groups excluding carboxylic acids is 2. The standard InChI is InChI=1S/C23H26ClN3O9S2/c1-34-19-17(13-18(24)20-21(19)36-38(32,33)35-20)22(28)25-12-11-14-7-9-16(10-8-14)37(30,31)27-23(29)26-15-5-3-2-4-6-15/h7-10,13,15H,2-6,11-12H2,1H3,(H,25,28)(H2,26,27,29). The van der Waals surface area contributed by atoms with E-state index in [1.807, 2.05) is 4.72 Å². The number of ether oxygens (including phenoxy) is 1. The van der Waals surface area contributed by atoms with Gasteiger partial charge in [-0.2, -0.15) is 0 Å². The van der Waals surface area contributed by atoms with Gasteiger partial charge in [0, 0.05) is 12.6 Å². The number of methoxy groups -OCH3 is 1. The van der Waals surface area contributed by atoms with Crippen LogP contribution >= 0.6 is 11.6 Å². The van der Waals surface area contributed by atoms with Crippen molar-refractivity contribution in [3.05, 3.63) is 46.5 Å². The van der Waals surface area contributed by atoms with Crippen LogP contribution in [0.15, 0.2) is 35.2 Å². The zero-order chi connectivity index (χ0) is 27.5. The van der Waals surface area contributed by atoms with E-state index in [0.717, 1.165) is 37.7 Å². The van der Waals surface area contributed by atoms with Gasteiger partial charge in [-0.1, -0.05) is 43.0 Å². The summed E-state index contributed by atoms with van der Waals surface area (Å²) >= 11 is 6.05. The summed E-state index contributed by atoms with van der Waals surface area (Å²) < 4.78 is 65.0. The molecule has 12 nitrogen and oxygen atoms in total. The van der Waals surface area contributed by atoms with Crippen molar-refractivity contribution < 1.29 is 39.5 Å². The minimum atomic E-state index is -4.35. The highest BCUT2D eigenvalue weighted by molar-refractivity contribution is 7.90. The smallest absolute Gasteiger partial charge is 0.492 e. The zero-order valence-electron chi connectivity index (χ0n) is 20.3. The first kappa shape index (κ1) is 27.8. The molecule has 2 aromatic rings. The van der Waals surface area contributed by atoms with Crippen molar-refractivity contribution in [3.8, 4) is 17.2 Å². The Bertz CT molecular complexity index is 1440. The number of fused-ring (bicyclic) bond motifs is 1. The second kappa shape index (κ2) is 11.3. The summed E-state index contributed by atoms with van der Waals surface area (Å²) in [5, 5.41) is 5.22. The van der Waals surface area contributed by atoms with Crippen LogP contribution in [0.5, 0.6) is 17.2 Å². The Morgan fingerprint density at radius 1 is 1.08 bits per heavy atom. The van der Waals surface area contributed by atoms with Crippen molar-refractivity contribution >= 4 is 44.0 Å². The van der Waals surface area contributed by atoms with Gasteiger partial charge < -0.3 is 23.7 Å². The fraction of sp³-hybridized carbons (Fsp3) is 0.391. The molecular weight excluding hydrogens is 562 g/mol. The van der Waals surface area contributed by atoms with Gasteiger partial charge in [-0.15, -0.1) is 8.42 Å². The molecule has 0 aromatic heterocycles. The largest absolute Gasteiger partial charge is 0.501 e. The fourth-order valence-electron chi connectivity index (χ4n) is 4.23. The van der Waals surface area contributed by atoms with Gasteiger partial charge in [-0.3, -0.25) is 4.79 Å². The summed E-state index contributed by atoms with van der Waals surface area (Å²) in [5.74, 6) is -1.34. The number of carbonyl (C=O) groups is 2. The Hall–Kier alpha value is -3.23. The first-order valence-electron chi connectivity index (χ1n) is 11.7. The van der Waals surface area contributed by atoms with Crippen LogP contribution in [0.25, 0.3) is 0 Å². The van der Waals surface area contributed by atoms with E-state index < -0.39 is 32.4 Å². The van der Waals surface area contributed by atoms with Crippen molar-refractivity contribution in [2.45, 2.75) is 49.5 Å². The molecule has 3 N–H and O–H groups in total. The second-order valence-corrected chi connectivity index (χ2v) is 12.0. The van der Waals surface area contributed by atoms with Crippen molar-refractivity contribution in [1.82, 2.24) is 15.4 Å². The Labute approximate surface area is 225 Å². The van der Waals surface area contributed by atoms with E-state index in [4.69, 9.17) is 20.5 Å². The lowest BCUT2D eigenvalue weighted by Gasteiger charge is -2.22. The van der Waals surface area contributed by atoms with E-state index in [2.05, 4.69) is 14.8 Å². The van der Waals surface area contributed by atoms with Gasteiger partial charge >= 0.3 is 16.4 Å². The molecule has 0 radical (unpaired) electrons. The molecule has 206 valence electrons. The third-order valence-electron chi connectivity index (χ3n) is 6.06. The molecule has 1 fully saturated rings. The average molecular weight is 588 g/mol. The minimum Gasteiger partial charge on any atom is -0.492 e. The number of nitrogens with one attached hydrogen (secondary N) is 3. The normalized spacial score (nSPS) is 16.5. The molecule has 1 aliphatic carbocycles. The number of benzene rings is 2. The zero-order valence-corrected chi connectivity index (χ0v) is 22.7. The first-order valence-corrected chi connectivity index (χ1v) is 14.9. The topological polar surface area (TPSA) is 166 Å². The summed E-state index contributed by atoms with van der Waals surface area (Å²) in [6, 6.07) is 6.31. The van der Waals surface area contributed by atoms with Gasteiger partial charge in [0.15, 0.2) is 5.75 Å². The SMILES string of the molecule is COc1c(C(=O)NCCc2ccc(S(=O)(=O)NC(=O)NC3CCCCC3)cc2)cc(Cl)c2c1OS(=O)(=O)O2. The summed E-state index contributed by atoms with van der Waals surface area (Å²) in [6.45, 7) is 0.153. The number of hydrogen-bond acceptors (Lipinski definition) is 9. The van der Waals surface area contributed by atoms with Crippen LogP contribution in [-0.4, -0.2) is 48.5 Å². The third-order valence-corrected chi connectivity index (χ3v) is 8.43. The van der Waals surface area contributed by atoms with Crippen LogP contribution in [0.4, 0.5) is 4.79 Å². The van der Waals surface area contributed by atoms with E-state index in [-0.39, 0.29) is 45.3 Å². The highest BCUT2D eigenvalue weighted by atomic mass is 35.5. The Morgan fingerprint density at radius 3 is 2.39 bits per heavy atom. The van der Waals surface area contributed by atoms with Crippen molar-refractivity contribution in [3.63, 3.8) is 0 Å². The molecule has 0 atom stereocenters. The predicted molar refractivity (Wildman–Crippen MR) is 136 cm³/mol. The Kier molecular flexibility index (Phi) is 8.23. The molecule has 1 aliphatic heterocycles. The average Bonchev–Trinajstić information content (AvgIpc) is 3.20. The van der Waals surface area contributed by atoms with Gasteiger partial charge in [0.25, 0.3) is 15.9 Å². The van der Waals surface area contributed by atoms with Gasteiger partial charge in [-0.25, -0.2) is 17.9 Å². The summed E-state index contributed by atoms with van der Waals surface area (Å²) in [4.78, 5) is 24.8. The molecule has 0 bridgehead atoms. The molecule has 15 heteroatoms. The predicted octanol–water partition coefficient (Wildman–Crippen LogP) is 2.66. The van der Waals surface area contributed by atoms with Crippen molar-refractivity contribution in [1.29, 1.82) is 0 Å². The lowest BCUT2D eigenvalue weighted by atomic mass is 9.96. The number of sulfonamides is 1. The number of rotatable bonds is 8. The van der Waals surface area contributed by atoms with Crippen LogP contribution in [-0.2, 0) is 26.8 Å². The Morgan fingerprint density at radius 2 is 1.74 bits per heavy atom. The maximum Gasteiger partial charge on any atom is 0.501 e. The van der Waals surface area contributed by atoms with Gasteiger partial charge in [0.1, 0.15) is 0 Å². The fourth-order valence-corrected chi connectivity index (χ4v) is 6.18. The molecule has 2 aromatic carbocycles.